The van der Waals surface area contributed by atoms with E-state index >= 15 is 0 Å². The number of hydrogen-bond donors (Lipinski definition) is 1. The fraction of sp³-hybridized carbons (Fsp3) is 0.526. The van der Waals surface area contributed by atoms with E-state index in [9.17, 15) is 4.79 Å². The summed E-state index contributed by atoms with van der Waals surface area (Å²) in [7, 11) is 0. The SMILES string of the molecule is C[C@H](CC1CCCCC1)NC(=O)c1cn(Cc2ccccc2)nn1. The Balaban J connectivity index is 1.51. The van der Waals surface area contributed by atoms with Crippen molar-refractivity contribution >= 4 is 5.91 Å². The van der Waals surface area contributed by atoms with E-state index < -0.39 is 0 Å². The Morgan fingerprint density at radius 2 is 2.00 bits per heavy atom. The number of carbonyl (C=O) groups excluding carboxylic acids is 1. The third kappa shape index (κ3) is 4.66. The maximum absolute atomic E-state index is 12.3. The van der Waals surface area contributed by atoms with Gasteiger partial charge in [0.2, 0.25) is 0 Å². The molecule has 5 heteroatoms. The van der Waals surface area contributed by atoms with Gasteiger partial charge in [-0.2, -0.15) is 0 Å². The van der Waals surface area contributed by atoms with E-state index in [-0.39, 0.29) is 11.9 Å². The smallest absolute Gasteiger partial charge is 0.273 e. The van der Waals surface area contributed by atoms with Crippen LogP contribution in [-0.2, 0) is 6.54 Å². The van der Waals surface area contributed by atoms with Gasteiger partial charge in [-0.05, 0) is 24.8 Å². The molecule has 1 atom stereocenters. The normalized spacial score (nSPS) is 16.7. The summed E-state index contributed by atoms with van der Waals surface area (Å²) in [5.41, 5.74) is 1.53. The highest BCUT2D eigenvalue weighted by atomic mass is 16.2. The fourth-order valence-corrected chi connectivity index (χ4v) is 3.53. The molecule has 0 bridgehead atoms. The minimum Gasteiger partial charge on any atom is -0.348 e. The molecule has 2 aromatic rings. The number of aromatic nitrogens is 3. The number of hydrogen-bond acceptors (Lipinski definition) is 3. The van der Waals surface area contributed by atoms with Crippen LogP contribution in [0.2, 0.25) is 0 Å². The first kappa shape index (κ1) is 16.7. The summed E-state index contributed by atoms with van der Waals surface area (Å²) in [6.07, 6.45) is 9.40. The van der Waals surface area contributed by atoms with Crippen molar-refractivity contribution < 1.29 is 4.79 Å². The summed E-state index contributed by atoms with van der Waals surface area (Å²) in [4.78, 5) is 12.3. The zero-order chi connectivity index (χ0) is 16.8. The van der Waals surface area contributed by atoms with Gasteiger partial charge in [0, 0.05) is 6.04 Å². The van der Waals surface area contributed by atoms with Crippen LogP contribution in [0, 0.1) is 5.92 Å². The topological polar surface area (TPSA) is 59.8 Å². The number of rotatable bonds is 6. The Morgan fingerprint density at radius 3 is 2.75 bits per heavy atom. The lowest BCUT2D eigenvalue weighted by Gasteiger charge is -2.24. The molecular formula is C19H26N4O. The molecule has 1 fully saturated rings. The summed E-state index contributed by atoms with van der Waals surface area (Å²) >= 11 is 0. The van der Waals surface area contributed by atoms with Crippen molar-refractivity contribution in [3.05, 3.63) is 47.8 Å². The number of nitrogens with one attached hydrogen (secondary N) is 1. The van der Waals surface area contributed by atoms with Crippen molar-refractivity contribution in [2.75, 3.05) is 0 Å². The Labute approximate surface area is 143 Å². The predicted octanol–water partition coefficient (Wildman–Crippen LogP) is 3.42. The lowest BCUT2D eigenvalue weighted by atomic mass is 9.85. The molecule has 5 nitrogen and oxygen atoms in total. The summed E-state index contributed by atoms with van der Waals surface area (Å²) in [6.45, 7) is 2.71. The highest BCUT2D eigenvalue weighted by molar-refractivity contribution is 5.92. The first-order valence-corrected chi connectivity index (χ1v) is 8.95. The van der Waals surface area contributed by atoms with Crippen LogP contribution in [0.1, 0.15) is 61.5 Å². The highest BCUT2D eigenvalue weighted by Crippen LogP contribution is 2.27. The standard InChI is InChI=1S/C19H26N4O/c1-15(12-16-8-4-2-5-9-16)20-19(24)18-14-23(22-21-18)13-17-10-6-3-7-11-17/h3,6-7,10-11,14-16H,2,4-5,8-9,12-13H2,1H3,(H,20,24)/t15-/m1/s1. The molecule has 0 saturated heterocycles. The summed E-state index contributed by atoms with van der Waals surface area (Å²) < 4.78 is 1.70. The molecule has 1 saturated carbocycles. The zero-order valence-electron chi connectivity index (χ0n) is 14.3. The highest BCUT2D eigenvalue weighted by Gasteiger charge is 2.19. The van der Waals surface area contributed by atoms with Gasteiger partial charge in [-0.1, -0.05) is 67.6 Å². The average Bonchev–Trinajstić information content (AvgIpc) is 3.05. The zero-order valence-corrected chi connectivity index (χ0v) is 14.3. The van der Waals surface area contributed by atoms with Gasteiger partial charge in [0.15, 0.2) is 5.69 Å². The fourth-order valence-electron chi connectivity index (χ4n) is 3.53. The van der Waals surface area contributed by atoms with E-state index in [0.717, 1.165) is 17.9 Å². The monoisotopic (exact) mass is 326 g/mol. The largest absolute Gasteiger partial charge is 0.348 e. The molecule has 1 N–H and O–H groups in total. The second-order valence-electron chi connectivity index (χ2n) is 6.90. The van der Waals surface area contributed by atoms with Crippen LogP contribution in [0.15, 0.2) is 36.5 Å². The molecule has 0 radical (unpaired) electrons. The van der Waals surface area contributed by atoms with Crippen LogP contribution in [0.5, 0.6) is 0 Å². The lowest BCUT2D eigenvalue weighted by molar-refractivity contribution is 0.0928. The summed E-state index contributed by atoms with van der Waals surface area (Å²) in [5, 5.41) is 11.1. The molecule has 1 aliphatic carbocycles. The molecule has 1 aliphatic rings. The minimum atomic E-state index is -0.127. The Kier molecular flexibility index (Phi) is 5.62. The number of benzene rings is 1. The van der Waals surface area contributed by atoms with Gasteiger partial charge >= 0.3 is 0 Å². The van der Waals surface area contributed by atoms with E-state index in [1.54, 1.807) is 10.9 Å². The molecule has 24 heavy (non-hydrogen) atoms. The molecule has 0 aliphatic heterocycles. The minimum absolute atomic E-state index is 0.127. The van der Waals surface area contributed by atoms with Crippen molar-refractivity contribution in [2.24, 2.45) is 5.92 Å². The quantitative estimate of drug-likeness (QED) is 0.885. The first-order chi connectivity index (χ1) is 11.7. The Morgan fingerprint density at radius 1 is 1.25 bits per heavy atom. The van der Waals surface area contributed by atoms with Crippen LogP contribution in [0.25, 0.3) is 0 Å². The molecule has 0 spiro atoms. The van der Waals surface area contributed by atoms with Gasteiger partial charge in [-0.15, -0.1) is 5.10 Å². The molecule has 1 aromatic heterocycles. The molecule has 128 valence electrons. The van der Waals surface area contributed by atoms with Gasteiger partial charge in [0.1, 0.15) is 0 Å². The van der Waals surface area contributed by atoms with Gasteiger partial charge in [0.05, 0.1) is 12.7 Å². The summed E-state index contributed by atoms with van der Waals surface area (Å²) in [6, 6.07) is 10.2. The van der Waals surface area contributed by atoms with Crippen molar-refractivity contribution in [1.29, 1.82) is 0 Å². The van der Waals surface area contributed by atoms with Gasteiger partial charge in [-0.25, -0.2) is 4.68 Å². The molecule has 1 amide bonds. The van der Waals surface area contributed by atoms with Crippen LogP contribution < -0.4 is 5.32 Å². The molecule has 1 aromatic carbocycles. The molecular weight excluding hydrogens is 300 g/mol. The van der Waals surface area contributed by atoms with Gasteiger partial charge in [-0.3, -0.25) is 4.79 Å². The van der Waals surface area contributed by atoms with Crippen LogP contribution >= 0.6 is 0 Å². The van der Waals surface area contributed by atoms with Gasteiger partial charge in [0.25, 0.3) is 5.91 Å². The number of carbonyl (C=O) groups is 1. The molecule has 3 rings (SSSR count). The van der Waals surface area contributed by atoms with Crippen molar-refractivity contribution in [2.45, 2.75) is 58.0 Å². The Bertz CT molecular complexity index is 646. The van der Waals surface area contributed by atoms with Crippen molar-refractivity contribution in [3.8, 4) is 0 Å². The third-order valence-corrected chi connectivity index (χ3v) is 4.75. The van der Waals surface area contributed by atoms with Crippen LogP contribution in [0.4, 0.5) is 0 Å². The Hall–Kier alpha value is -2.17. The predicted molar refractivity (Wildman–Crippen MR) is 93.7 cm³/mol. The lowest BCUT2D eigenvalue weighted by Crippen LogP contribution is -2.34. The maximum Gasteiger partial charge on any atom is 0.273 e. The van der Waals surface area contributed by atoms with E-state index in [2.05, 4.69) is 22.6 Å². The van der Waals surface area contributed by atoms with Crippen LogP contribution in [-0.4, -0.2) is 26.9 Å². The first-order valence-electron chi connectivity index (χ1n) is 8.95. The average molecular weight is 326 g/mol. The van der Waals surface area contributed by atoms with Crippen molar-refractivity contribution in [3.63, 3.8) is 0 Å². The molecule has 0 unspecified atom stereocenters. The van der Waals surface area contributed by atoms with E-state index in [4.69, 9.17) is 0 Å². The summed E-state index contributed by atoms with van der Waals surface area (Å²) in [5.74, 6) is 0.625. The second kappa shape index (κ2) is 8.08. The number of amides is 1. The molecule has 1 heterocycles. The van der Waals surface area contributed by atoms with Gasteiger partial charge < -0.3 is 5.32 Å². The number of nitrogens with zero attached hydrogens (tertiary/aromatic N) is 3. The van der Waals surface area contributed by atoms with E-state index in [1.807, 2.05) is 30.3 Å². The maximum atomic E-state index is 12.3. The van der Waals surface area contributed by atoms with E-state index in [1.165, 1.54) is 32.1 Å². The second-order valence-corrected chi connectivity index (χ2v) is 6.90. The van der Waals surface area contributed by atoms with Crippen molar-refractivity contribution in [1.82, 2.24) is 20.3 Å². The third-order valence-electron chi connectivity index (χ3n) is 4.75. The van der Waals surface area contributed by atoms with Crippen LogP contribution in [0.3, 0.4) is 0 Å². The van der Waals surface area contributed by atoms with E-state index in [0.29, 0.717) is 12.2 Å².